The van der Waals surface area contributed by atoms with Gasteiger partial charge in [-0.2, -0.15) is 0 Å². The molecule has 11 heteroatoms. The van der Waals surface area contributed by atoms with Crippen molar-refractivity contribution in [1.82, 2.24) is 10.2 Å². The normalized spacial score (nSPS) is 22.2. The van der Waals surface area contributed by atoms with E-state index in [1.165, 1.54) is 7.11 Å². The average molecular weight is 728 g/mol. The molecule has 4 aromatic rings. The molecule has 0 aliphatic carbocycles. The van der Waals surface area contributed by atoms with Gasteiger partial charge < -0.3 is 40.0 Å². The van der Waals surface area contributed by atoms with Crippen LogP contribution in [0.1, 0.15) is 60.0 Å². The van der Waals surface area contributed by atoms with Crippen LogP contribution in [0, 0.1) is 5.92 Å². The summed E-state index contributed by atoms with van der Waals surface area (Å²) in [6, 6.07) is 30.5. The number of amides is 2. The summed E-state index contributed by atoms with van der Waals surface area (Å²) in [7, 11) is 1.29. The molecular weight excluding hydrogens is 682 g/mol. The zero-order chi connectivity index (χ0) is 36.7. The van der Waals surface area contributed by atoms with E-state index in [9.17, 15) is 19.8 Å². The number of nitrogens with one attached hydrogen (secondary N) is 2. The van der Waals surface area contributed by atoms with Gasteiger partial charge in [0.2, 0.25) is 0 Å². The first kappa shape index (κ1) is 37.5. The minimum absolute atomic E-state index is 0.00317. The Morgan fingerprint density at radius 1 is 0.904 bits per heavy atom. The molecule has 6 rings (SSSR count). The smallest absolute Gasteiger partial charge is 0.328 e. The van der Waals surface area contributed by atoms with E-state index < -0.39 is 29.9 Å². The fourth-order valence-corrected chi connectivity index (χ4v) is 7.10. The second kappa shape index (κ2) is 17.0. The average Bonchev–Trinajstić information content (AvgIpc) is 3.17. The van der Waals surface area contributed by atoms with Crippen LogP contribution >= 0.6 is 11.6 Å². The predicted molar refractivity (Wildman–Crippen MR) is 199 cm³/mol. The van der Waals surface area contributed by atoms with Crippen molar-refractivity contribution in [2.24, 2.45) is 5.92 Å². The highest BCUT2D eigenvalue weighted by Crippen LogP contribution is 2.43. The lowest BCUT2D eigenvalue weighted by atomic mass is 9.84. The first-order valence-electron chi connectivity index (χ1n) is 17.6. The number of hydrogen-bond donors (Lipinski definition) is 4. The number of hydrogen-bond acceptors (Lipinski definition) is 8. The summed E-state index contributed by atoms with van der Waals surface area (Å²) in [4.78, 5) is 27.7. The SMILES string of the molecule is COC(=O)C(Cc1ccccc1)NC(=O)Nc1ccc(C2OC(CN3CCC(O)(c4ccc(Cl)cc4)CC3)C(C)C(c3ccc(CO)cc3)O2)cc1. The third kappa shape index (κ3) is 9.19. The molecule has 2 aliphatic rings. The van der Waals surface area contributed by atoms with Crippen molar-refractivity contribution in [1.29, 1.82) is 0 Å². The van der Waals surface area contributed by atoms with Crippen LogP contribution in [0.25, 0.3) is 0 Å². The Bertz CT molecular complexity index is 1770. The molecule has 0 bridgehead atoms. The first-order valence-corrected chi connectivity index (χ1v) is 18.0. The maximum atomic E-state index is 12.9. The van der Waals surface area contributed by atoms with Crippen molar-refractivity contribution >= 4 is 29.3 Å². The van der Waals surface area contributed by atoms with Crippen LogP contribution in [0.15, 0.2) is 103 Å². The van der Waals surface area contributed by atoms with E-state index in [1.807, 2.05) is 91.0 Å². The topological polar surface area (TPSA) is 130 Å². The zero-order valence-corrected chi connectivity index (χ0v) is 30.2. The van der Waals surface area contributed by atoms with E-state index in [1.54, 1.807) is 12.1 Å². The lowest BCUT2D eigenvalue weighted by Gasteiger charge is -2.45. The molecule has 2 aliphatic heterocycles. The number of carbonyl (C=O) groups is 2. The number of benzene rings is 4. The monoisotopic (exact) mass is 727 g/mol. The highest BCUT2D eigenvalue weighted by Gasteiger charge is 2.41. The number of piperidine rings is 1. The predicted octanol–water partition coefficient (Wildman–Crippen LogP) is 6.51. The Hall–Kier alpha value is -4.29. The molecule has 274 valence electrons. The maximum Gasteiger partial charge on any atom is 0.328 e. The quantitative estimate of drug-likeness (QED) is 0.129. The highest BCUT2D eigenvalue weighted by molar-refractivity contribution is 6.30. The van der Waals surface area contributed by atoms with Crippen LogP contribution in [0.3, 0.4) is 0 Å². The first-order chi connectivity index (χ1) is 25.1. The van der Waals surface area contributed by atoms with Gasteiger partial charge in [0.1, 0.15) is 6.04 Å². The van der Waals surface area contributed by atoms with Crippen LogP contribution in [0.2, 0.25) is 5.02 Å². The van der Waals surface area contributed by atoms with Crippen LogP contribution in [0.5, 0.6) is 0 Å². The second-order valence-corrected chi connectivity index (χ2v) is 14.1. The number of likely N-dealkylation sites (tertiary alicyclic amines) is 1. The van der Waals surface area contributed by atoms with Crippen molar-refractivity contribution in [3.8, 4) is 0 Å². The summed E-state index contributed by atoms with van der Waals surface area (Å²) < 4.78 is 18.2. The van der Waals surface area contributed by atoms with Crippen molar-refractivity contribution in [3.63, 3.8) is 0 Å². The third-order valence-electron chi connectivity index (χ3n) is 10.1. The van der Waals surface area contributed by atoms with Crippen LogP contribution < -0.4 is 10.6 Å². The number of aliphatic hydroxyl groups is 2. The Labute approximate surface area is 309 Å². The van der Waals surface area contributed by atoms with Crippen molar-refractivity contribution < 1.29 is 34.0 Å². The maximum absolute atomic E-state index is 12.9. The fourth-order valence-electron chi connectivity index (χ4n) is 6.97. The molecule has 10 nitrogen and oxygen atoms in total. The molecule has 2 heterocycles. The van der Waals surface area contributed by atoms with Gasteiger partial charge in [0.15, 0.2) is 6.29 Å². The van der Waals surface area contributed by atoms with Crippen LogP contribution in [0.4, 0.5) is 10.5 Å². The fraction of sp³-hybridized carbons (Fsp3) is 0.366. The molecule has 5 unspecified atom stereocenters. The van der Waals surface area contributed by atoms with Crippen LogP contribution in [-0.2, 0) is 37.6 Å². The van der Waals surface area contributed by atoms with Crippen molar-refractivity contribution in [3.05, 3.63) is 136 Å². The van der Waals surface area contributed by atoms with E-state index in [0.29, 0.717) is 49.6 Å². The number of ether oxygens (including phenoxy) is 3. The number of aliphatic hydroxyl groups excluding tert-OH is 1. The molecular formula is C41H46ClN3O7. The van der Waals surface area contributed by atoms with Gasteiger partial charge in [0, 0.05) is 48.2 Å². The number of rotatable bonds is 11. The summed E-state index contributed by atoms with van der Waals surface area (Å²) in [5.74, 6) is -0.538. The Kier molecular flexibility index (Phi) is 12.3. The molecule has 0 aromatic heterocycles. The van der Waals surface area contributed by atoms with Crippen molar-refractivity contribution in [2.75, 3.05) is 32.1 Å². The number of halogens is 1. The lowest BCUT2D eigenvalue weighted by molar-refractivity contribution is -0.277. The largest absolute Gasteiger partial charge is 0.467 e. The number of carbonyl (C=O) groups excluding carboxylic acids is 2. The summed E-state index contributed by atoms with van der Waals surface area (Å²) in [5.41, 5.74) is 3.99. The van der Waals surface area contributed by atoms with Gasteiger partial charge in [0.25, 0.3) is 0 Å². The van der Waals surface area contributed by atoms with Gasteiger partial charge in [-0.05, 0) is 59.4 Å². The molecule has 0 radical (unpaired) electrons. The molecule has 0 spiro atoms. The molecule has 4 aromatic carbocycles. The molecule has 2 fully saturated rings. The Morgan fingerprint density at radius 3 is 2.19 bits per heavy atom. The number of esters is 1. The van der Waals surface area contributed by atoms with Crippen LogP contribution in [-0.4, -0.2) is 66.0 Å². The van der Waals surface area contributed by atoms with E-state index in [-0.39, 0.29) is 24.7 Å². The Balaban J connectivity index is 1.13. The van der Waals surface area contributed by atoms with E-state index in [0.717, 1.165) is 27.8 Å². The third-order valence-corrected chi connectivity index (χ3v) is 10.4. The second-order valence-electron chi connectivity index (χ2n) is 13.6. The van der Waals surface area contributed by atoms with Gasteiger partial charge in [-0.25, -0.2) is 9.59 Å². The van der Waals surface area contributed by atoms with Crippen molar-refractivity contribution in [2.45, 2.75) is 62.9 Å². The molecule has 2 amide bonds. The van der Waals surface area contributed by atoms with E-state index >= 15 is 0 Å². The molecule has 2 saturated heterocycles. The summed E-state index contributed by atoms with van der Waals surface area (Å²) >= 11 is 6.09. The molecule has 4 N–H and O–H groups in total. The summed E-state index contributed by atoms with van der Waals surface area (Å²) in [5, 5.41) is 27.3. The van der Waals surface area contributed by atoms with E-state index in [4.69, 9.17) is 25.8 Å². The molecule has 5 atom stereocenters. The standard InChI is InChI=1S/C41H46ClN3O7/c1-27-36(25-45-22-20-41(49,21-23-45)32-14-16-33(42)17-15-32)51-39(52-37(27)30-10-8-29(26-46)9-11-30)31-12-18-34(19-13-31)43-40(48)44-35(38(47)50-2)24-28-6-4-3-5-7-28/h3-19,27,35-37,39,46,49H,20-26H2,1-2H3,(H2,43,44,48). The molecule has 0 saturated carbocycles. The summed E-state index contributed by atoms with van der Waals surface area (Å²) in [6.45, 7) is 4.16. The minimum atomic E-state index is -0.905. The van der Waals surface area contributed by atoms with Gasteiger partial charge in [0.05, 0.1) is 31.5 Å². The number of urea groups is 1. The lowest BCUT2D eigenvalue weighted by Crippen LogP contribution is -2.49. The number of methoxy groups -OCH3 is 1. The number of nitrogens with zero attached hydrogens (tertiary/aromatic N) is 1. The van der Waals surface area contributed by atoms with Gasteiger partial charge in [-0.15, -0.1) is 0 Å². The highest BCUT2D eigenvalue weighted by atomic mass is 35.5. The van der Waals surface area contributed by atoms with Gasteiger partial charge >= 0.3 is 12.0 Å². The van der Waals surface area contributed by atoms with Gasteiger partial charge in [-0.1, -0.05) is 97.4 Å². The van der Waals surface area contributed by atoms with Gasteiger partial charge in [-0.3, -0.25) is 0 Å². The summed E-state index contributed by atoms with van der Waals surface area (Å²) in [6.07, 6.45) is 0.326. The molecule has 52 heavy (non-hydrogen) atoms. The Morgan fingerprint density at radius 2 is 1.56 bits per heavy atom. The minimum Gasteiger partial charge on any atom is -0.467 e. The zero-order valence-electron chi connectivity index (χ0n) is 29.4. The van der Waals surface area contributed by atoms with E-state index in [2.05, 4.69) is 22.5 Å². The number of anilines is 1.